The minimum absolute atomic E-state index is 0.0187. The number of carboxylic acids is 1. The van der Waals surface area contributed by atoms with Crippen LogP contribution in [0.1, 0.15) is 63.1 Å². The van der Waals surface area contributed by atoms with Crippen molar-refractivity contribution in [3.05, 3.63) is 106 Å². The summed E-state index contributed by atoms with van der Waals surface area (Å²) in [5.74, 6) is -2.29. The van der Waals surface area contributed by atoms with E-state index in [1.165, 1.54) is 31.5 Å². The van der Waals surface area contributed by atoms with Gasteiger partial charge in [-0.15, -0.1) is 0 Å². The predicted octanol–water partition coefficient (Wildman–Crippen LogP) is 9.04. The summed E-state index contributed by atoms with van der Waals surface area (Å²) >= 11 is 0. The van der Waals surface area contributed by atoms with Gasteiger partial charge in [0.15, 0.2) is 0 Å². The number of pyridine rings is 1. The molecular formula is C33H28F7N3O5S. The van der Waals surface area contributed by atoms with Gasteiger partial charge in [0.1, 0.15) is 5.82 Å². The lowest BCUT2D eigenvalue weighted by molar-refractivity contribution is -0.138. The van der Waals surface area contributed by atoms with Crippen molar-refractivity contribution in [2.75, 3.05) is 7.11 Å². The molecule has 16 heteroatoms. The molecule has 0 bridgehead atoms. The molecule has 0 radical (unpaired) electrons. The Morgan fingerprint density at radius 1 is 0.918 bits per heavy atom. The zero-order valence-electron chi connectivity index (χ0n) is 25.6. The highest BCUT2D eigenvalue weighted by molar-refractivity contribution is 8.20. The molecule has 4 aromatic rings. The molecule has 0 saturated carbocycles. The Labute approximate surface area is 276 Å². The zero-order chi connectivity index (χ0) is 35.6. The molecule has 0 unspecified atom stereocenters. The second-order valence-corrected chi connectivity index (χ2v) is 13.5. The third-order valence-corrected chi connectivity index (χ3v) is 10.5. The molecular weight excluding hydrogens is 683 g/mol. The molecule has 49 heavy (non-hydrogen) atoms. The number of nitrogens with zero attached hydrogens (tertiary/aromatic N) is 2. The van der Waals surface area contributed by atoms with E-state index in [-0.39, 0.29) is 46.5 Å². The lowest BCUT2D eigenvalue weighted by Crippen LogP contribution is -2.30. The van der Waals surface area contributed by atoms with Gasteiger partial charge in [-0.25, -0.2) is 14.2 Å². The van der Waals surface area contributed by atoms with Crippen molar-refractivity contribution in [1.29, 1.82) is 0 Å². The number of nitrogens with one attached hydrogen (secondary N) is 1. The number of benzene rings is 3. The van der Waals surface area contributed by atoms with E-state index >= 15 is 0 Å². The summed E-state index contributed by atoms with van der Waals surface area (Å²) in [7, 11) is -2.69. The third-order valence-electron chi connectivity index (χ3n) is 8.80. The van der Waals surface area contributed by atoms with Crippen LogP contribution in [0.4, 0.5) is 30.7 Å². The van der Waals surface area contributed by atoms with E-state index in [1.807, 2.05) is 0 Å². The number of methoxy groups -OCH3 is 1. The summed E-state index contributed by atoms with van der Waals surface area (Å²) in [4.78, 5) is 15.8. The van der Waals surface area contributed by atoms with Crippen LogP contribution in [-0.4, -0.2) is 42.6 Å². The number of halogens is 7. The minimum Gasteiger partial charge on any atom is -0.481 e. The summed E-state index contributed by atoms with van der Waals surface area (Å²) in [5, 5.41) is 9.37. The van der Waals surface area contributed by atoms with Gasteiger partial charge < -0.3 is 9.84 Å². The minimum atomic E-state index is -4.89. The van der Waals surface area contributed by atoms with Gasteiger partial charge in [-0.2, -0.15) is 35.4 Å². The molecule has 8 nitrogen and oxygen atoms in total. The van der Waals surface area contributed by atoms with Crippen LogP contribution >= 0.6 is 11.0 Å². The fraction of sp³-hybridized carbons (Fsp3) is 0.273. The van der Waals surface area contributed by atoms with Crippen molar-refractivity contribution >= 4 is 16.9 Å². The number of ether oxygens (including phenoxy) is 1. The van der Waals surface area contributed by atoms with Crippen molar-refractivity contribution in [1.82, 2.24) is 14.0 Å². The van der Waals surface area contributed by atoms with Gasteiger partial charge >= 0.3 is 18.3 Å². The summed E-state index contributed by atoms with van der Waals surface area (Å²) in [5.41, 5.74) is -0.338. The first-order chi connectivity index (χ1) is 22.9. The standard InChI is InChI=1S/C33H28F7N3O5S/c1-16-9-17(31(44)45)3-5-23(16)19-12-26(30(48-2)41-15-19)24-6-4-20(32(35,36)37)14-25(24)27-7-8-28-29(42-49(46,47)43(27)28)18-10-21(33(38,39)40)13-22(34)11-18/h3-6,9-15,27-29,42,46-47H,7-8H2,1-2H3,(H,44,45)/t27-,28-,29+/m0/s1. The van der Waals surface area contributed by atoms with E-state index in [9.17, 15) is 49.7 Å². The van der Waals surface area contributed by atoms with Gasteiger partial charge in [0.05, 0.1) is 41.9 Å². The fourth-order valence-corrected chi connectivity index (χ4v) is 8.61. The molecule has 3 atom stereocenters. The average molecular weight is 712 g/mol. The van der Waals surface area contributed by atoms with Crippen molar-refractivity contribution in [2.24, 2.45) is 0 Å². The predicted molar refractivity (Wildman–Crippen MR) is 166 cm³/mol. The van der Waals surface area contributed by atoms with Crippen molar-refractivity contribution < 1.29 is 54.5 Å². The molecule has 260 valence electrons. The summed E-state index contributed by atoms with van der Waals surface area (Å²) < 4.78 is 129. The van der Waals surface area contributed by atoms with Gasteiger partial charge in [0.2, 0.25) is 5.88 Å². The summed E-state index contributed by atoms with van der Waals surface area (Å²) in [6.45, 7) is 1.69. The van der Waals surface area contributed by atoms with E-state index < -0.39 is 64.4 Å². The van der Waals surface area contributed by atoms with E-state index in [0.717, 1.165) is 22.5 Å². The van der Waals surface area contributed by atoms with Crippen molar-refractivity contribution in [3.63, 3.8) is 0 Å². The quantitative estimate of drug-likeness (QED) is 0.147. The molecule has 4 N–H and O–H groups in total. The summed E-state index contributed by atoms with van der Waals surface area (Å²) in [6, 6.07) is 7.65. The maximum Gasteiger partial charge on any atom is 0.416 e. The molecule has 1 aromatic heterocycles. The largest absolute Gasteiger partial charge is 0.481 e. The normalized spacial score (nSPS) is 21.4. The highest BCUT2D eigenvalue weighted by atomic mass is 32.3. The first kappa shape index (κ1) is 34.6. The zero-order valence-corrected chi connectivity index (χ0v) is 26.4. The van der Waals surface area contributed by atoms with Crippen LogP contribution in [0.2, 0.25) is 0 Å². The first-order valence-electron chi connectivity index (χ1n) is 14.7. The number of rotatable bonds is 6. The van der Waals surface area contributed by atoms with Gasteiger partial charge in [-0.05, 0) is 96.1 Å². The van der Waals surface area contributed by atoms with E-state index in [1.54, 1.807) is 19.1 Å². The molecule has 2 fully saturated rings. The molecule has 2 saturated heterocycles. The Kier molecular flexibility index (Phi) is 8.68. The first-order valence-corrected chi connectivity index (χ1v) is 16.2. The molecule has 6 rings (SSSR count). The Morgan fingerprint density at radius 3 is 2.24 bits per heavy atom. The van der Waals surface area contributed by atoms with Crippen LogP contribution in [0, 0.1) is 12.7 Å². The number of carbonyl (C=O) groups is 1. The maximum atomic E-state index is 14.4. The summed E-state index contributed by atoms with van der Waals surface area (Å²) in [6.07, 6.45) is -8.04. The number of alkyl halides is 6. The lowest BCUT2D eigenvalue weighted by atomic mass is 9.90. The maximum absolute atomic E-state index is 14.4. The Balaban J connectivity index is 1.48. The van der Waals surface area contributed by atoms with Crippen LogP contribution in [0.5, 0.6) is 5.88 Å². The Bertz CT molecular complexity index is 1950. The second-order valence-electron chi connectivity index (χ2n) is 11.8. The van der Waals surface area contributed by atoms with Gasteiger partial charge in [-0.3, -0.25) is 9.11 Å². The molecule has 0 amide bonds. The number of aromatic nitrogens is 1. The van der Waals surface area contributed by atoms with Crippen LogP contribution < -0.4 is 9.46 Å². The molecule has 3 heterocycles. The van der Waals surface area contributed by atoms with E-state index in [4.69, 9.17) is 4.74 Å². The Hall–Kier alpha value is -4.22. The van der Waals surface area contributed by atoms with Gasteiger partial charge in [0, 0.05) is 17.3 Å². The van der Waals surface area contributed by atoms with Crippen LogP contribution in [0.3, 0.4) is 0 Å². The van der Waals surface area contributed by atoms with Crippen molar-refractivity contribution in [2.45, 2.75) is 50.2 Å². The lowest BCUT2D eigenvalue weighted by Gasteiger charge is -2.40. The number of hydrogen-bond acceptors (Lipinski definition) is 7. The monoisotopic (exact) mass is 711 g/mol. The average Bonchev–Trinajstić information content (AvgIpc) is 3.58. The van der Waals surface area contributed by atoms with E-state index in [2.05, 4.69) is 9.71 Å². The third kappa shape index (κ3) is 6.46. The topological polar surface area (TPSA) is 115 Å². The number of aromatic carboxylic acids is 1. The van der Waals surface area contributed by atoms with Crippen molar-refractivity contribution in [3.8, 4) is 28.1 Å². The van der Waals surface area contributed by atoms with Gasteiger partial charge in [-0.1, -0.05) is 23.1 Å². The molecule has 3 aromatic carbocycles. The number of fused-ring (bicyclic) bond motifs is 1. The number of hydrogen-bond donors (Lipinski definition) is 4. The Morgan fingerprint density at radius 2 is 1.61 bits per heavy atom. The highest BCUT2D eigenvalue weighted by Gasteiger charge is 2.53. The number of carboxylic acid groups (broad SMARTS) is 1. The SMILES string of the molecule is COc1ncc(-c2ccc(C(=O)O)cc2C)cc1-c1ccc(C(F)(F)F)cc1[C@@H]1CC[C@H]2[C@@H](c3cc(F)cc(C(F)(F)F)c3)NS(O)(O)N12. The molecule has 0 spiro atoms. The van der Waals surface area contributed by atoms with E-state index in [0.29, 0.717) is 28.8 Å². The smallest absolute Gasteiger partial charge is 0.416 e. The number of aryl methyl sites for hydroxylation is 1. The fourth-order valence-electron chi connectivity index (χ4n) is 6.68. The highest BCUT2D eigenvalue weighted by Crippen LogP contribution is 2.62. The van der Waals surface area contributed by atoms with Crippen LogP contribution in [0.15, 0.2) is 66.9 Å². The molecule has 0 aliphatic carbocycles. The van der Waals surface area contributed by atoms with Gasteiger partial charge in [0.25, 0.3) is 0 Å². The molecule has 2 aliphatic rings. The van der Waals surface area contributed by atoms with Crippen LogP contribution in [0.25, 0.3) is 22.3 Å². The second kappa shape index (κ2) is 12.3. The molecule has 2 aliphatic heterocycles. The van der Waals surface area contributed by atoms with Crippen LogP contribution in [-0.2, 0) is 12.4 Å².